The summed E-state index contributed by atoms with van der Waals surface area (Å²) in [6, 6.07) is 1.30. The van der Waals surface area contributed by atoms with Gasteiger partial charge < -0.3 is 5.73 Å². The average Bonchev–Trinajstić information content (AvgIpc) is 2.44. The number of rotatable bonds is 4. The average molecular weight is 267 g/mol. The van der Waals surface area contributed by atoms with Crippen molar-refractivity contribution in [3.8, 4) is 0 Å². The lowest BCUT2D eigenvalue weighted by Gasteiger charge is -2.48. The first-order valence-electron chi connectivity index (χ1n) is 8.36. The minimum Gasteiger partial charge on any atom is -0.329 e. The van der Waals surface area contributed by atoms with Crippen LogP contribution in [-0.2, 0) is 0 Å². The van der Waals surface area contributed by atoms with E-state index in [1.807, 2.05) is 0 Å². The number of hydrogen-bond donors (Lipinski definition) is 2. The molecule has 0 radical (unpaired) electrons. The molecule has 0 aromatic heterocycles. The Balaban J connectivity index is 1.98. The maximum atomic E-state index is 6.14. The fraction of sp³-hybridized carbons (Fsp3) is 1.00. The fourth-order valence-corrected chi connectivity index (χ4v) is 3.92. The van der Waals surface area contributed by atoms with Gasteiger partial charge in [-0.1, -0.05) is 19.8 Å². The van der Waals surface area contributed by atoms with E-state index >= 15 is 0 Å². The van der Waals surface area contributed by atoms with Gasteiger partial charge in [-0.2, -0.15) is 0 Å². The van der Waals surface area contributed by atoms with Crippen LogP contribution in [0.2, 0.25) is 0 Å². The number of hydrazine groups is 1. The highest BCUT2D eigenvalue weighted by molar-refractivity contribution is 4.94. The summed E-state index contributed by atoms with van der Waals surface area (Å²) < 4.78 is 0. The van der Waals surface area contributed by atoms with E-state index in [0.29, 0.717) is 12.1 Å². The van der Waals surface area contributed by atoms with E-state index in [1.54, 1.807) is 0 Å². The zero-order chi connectivity index (χ0) is 13.9. The van der Waals surface area contributed by atoms with Crippen molar-refractivity contribution in [2.24, 2.45) is 11.7 Å². The van der Waals surface area contributed by atoms with Crippen LogP contribution in [0.1, 0.15) is 72.1 Å². The smallest absolute Gasteiger partial charge is 0.0448 e. The maximum Gasteiger partial charge on any atom is 0.0448 e. The van der Waals surface area contributed by atoms with E-state index in [-0.39, 0.29) is 5.54 Å². The molecular formula is C16H33N3. The van der Waals surface area contributed by atoms with Gasteiger partial charge in [-0.3, -0.25) is 0 Å². The first-order chi connectivity index (χ1) is 9.10. The largest absolute Gasteiger partial charge is 0.329 e. The number of nitrogens with two attached hydrogens (primary N) is 1. The summed E-state index contributed by atoms with van der Waals surface area (Å²) in [5.74, 6) is 0.928. The van der Waals surface area contributed by atoms with Crippen LogP contribution in [-0.4, -0.2) is 29.2 Å². The molecule has 2 aliphatic rings. The number of nitrogens with one attached hydrogen (secondary N) is 1. The Hall–Kier alpha value is -0.120. The van der Waals surface area contributed by atoms with Crippen molar-refractivity contribution in [2.75, 3.05) is 6.54 Å². The standard InChI is InChI=1S/C16H33N3/c1-4-15-8-10-16(12-17,11-9-15)18-19-13(2)6-5-7-14(19)3/h13-15,18H,4-12,17H2,1-3H3. The molecule has 3 nitrogen and oxygen atoms in total. The van der Waals surface area contributed by atoms with E-state index < -0.39 is 0 Å². The Labute approximate surface area is 119 Å². The fourth-order valence-electron chi connectivity index (χ4n) is 3.92. The number of nitrogens with zero attached hydrogens (tertiary/aromatic N) is 1. The lowest BCUT2D eigenvalue weighted by Crippen LogP contribution is -2.64. The molecule has 3 heteroatoms. The molecule has 2 unspecified atom stereocenters. The molecule has 3 N–H and O–H groups in total. The molecule has 2 rings (SSSR count). The molecule has 1 heterocycles. The van der Waals surface area contributed by atoms with Gasteiger partial charge in [-0.05, 0) is 58.3 Å². The van der Waals surface area contributed by atoms with Gasteiger partial charge >= 0.3 is 0 Å². The van der Waals surface area contributed by atoms with E-state index in [1.165, 1.54) is 51.4 Å². The van der Waals surface area contributed by atoms with Gasteiger partial charge in [-0.15, -0.1) is 0 Å². The lowest BCUT2D eigenvalue weighted by molar-refractivity contribution is -0.0141. The second kappa shape index (κ2) is 6.55. The molecule has 1 aliphatic carbocycles. The van der Waals surface area contributed by atoms with Crippen molar-refractivity contribution in [1.29, 1.82) is 0 Å². The van der Waals surface area contributed by atoms with Crippen molar-refractivity contribution >= 4 is 0 Å². The van der Waals surface area contributed by atoms with Crippen LogP contribution in [0, 0.1) is 5.92 Å². The Kier molecular flexibility index (Phi) is 5.27. The molecule has 1 aliphatic heterocycles. The summed E-state index contributed by atoms with van der Waals surface area (Å²) in [7, 11) is 0. The number of piperidine rings is 1. The second-order valence-electron chi connectivity index (χ2n) is 6.98. The predicted molar refractivity (Wildman–Crippen MR) is 81.8 cm³/mol. The topological polar surface area (TPSA) is 41.3 Å². The SMILES string of the molecule is CCC1CCC(CN)(NN2C(C)CCCC2C)CC1. The van der Waals surface area contributed by atoms with Crippen LogP contribution in [0.4, 0.5) is 0 Å². The highest BCUT2D eigenvalue weighted by Gasteiger charge is 2.37. The minimum atomic E-state index is 0.172. The summed E-state index contributed by atoms with van der Waals surface area (Å²) in [6.07, 6.45) is 10.5. The summed E-state index contributed by atoms with van der Waals surface area (Å²) in [6.45, 7) is 7.80. The highest BCUT2D eigenvalue weighted by Crippen LogP contribution is 2.34. The van der Waals surface area contributed by atoms with Gasteiger partial charge in [0.15, 0.2) is 0 Å². The zero-order valence-corrected chi connectivity index (χ0v) is 13.1. The van der Waals surface area contributed by atoms with E-state index in [2.05, 4.69) is 31.2 Å². The molecule has 1 saturated heterocycles. The first-order valence-corrected chi connectivity index (χ1v) is 8.36. The van der Waals surface area contributed by atoms with Gasteiger partial charge in [-0.25, -0.2) is 10.4 Å². The molecule has 112 valence electrons. The molecule has 0 aromatic rings. The van der Waals surface area contributed by atoms with Gasteiger partial charge in [0, 0.05) is 24.2 Å². The van der Waals surface area contributed by atoms with Crippen molar-refractivity contribution in [2.45, 2.75) is 89.8 Å². The molecule has 19 heavy (non-hydrogen) atoms. The summed E-state index contributed by atoms with van der Waals surface area (Å²) in [4.78, 5) is 0. The van der Waals surface area contributed by atoms with E-state index in [4.69, 9.17) is 5.73 Å². The quantitative estimate of drug-likeness (QED) is 0.822. The van der Waals surface area contributed by atoms with Crippen LogP contribution in [0.3, 0.4) is 0 Å². The Morgan fingerprint density at radius 1 is 1.11 bits per heavy atom. The summed E-state index contributed by atoms with van der Waals surface area (Å²) >= 11 is 0. The molecule has 2 atom stereocenters. The van der Waals surface area contributed by atoms with Gasteiger partial charge in [0.05, 0.1) is 0 Å². The van der Waals surface area contributed by atoms with Crippen LogP contribution < -0.4 is 11.2 Å². The van der Waals surface area contributed by atoms with Crippen molar-refractivity contribution in [3.63, 3.8) is 0 Å². The van der Waals surface area contributed by atoms with Crippen molar-refractivity contribution in [1.82, 2.24) is 10.4 Å². The van der Waals surface area contributed by atoms with Gasteiger partial charge in [0.25, 0.3) is 0 Å². The monoisotopic (exact) mass is 267 g/mol. The molecular weight excluding hydrogens is 234 g/mol. The van der Waals surface area contributed by atoms with Gasteiger partial charge in [0.1, 0.15) is 0 Å². The highest BCUT2D eigenvalue weighted by atomic mass is 15.6. The Bertz CT molecular complexity index is 261. The maximum absolute atomic E-state index is 6.14. The minimum absolute atomic E-state index is 0.172. The summed E-state index contributed by atoms with van der Waals surface area (Å²) in [5.41, 5.74) is 10.2. The molecule has 0 amide bonds. The third kappa shape index (κ3) is 3.50. The summed E-state index contributed by atoms with van der Waals surface area (Å²) in [5, 5.41) is 2.52. The van der Waals surface area contributed by atoms with Crippen LogP contribution in [0.25, 0.3) is 0 Å². The first kappa shape index (κ1) is 15.3. The molecule has 1 saturated carbocycles. The van der Waals surface area contributed by atoms with Crippen molar-refractivity contribution < 1.29 is 0 Å². The molecule has 0 aromatic carbocycles. The third-order valence-electron chi connectivity index (χ3n) is 5.59. The number of hydrogen-bond acceptors (Lipinski definition) is 3. The predicted octanol–water partition coefficient (Wildman–Crippen LogP) is 3.05. The van der Waals surface area contributed by atoms with Crippen molar-refractivity contribution in [3.05, 3.63) is 0 Å². The second-order valence-corrected chi connectivity index (χ2v) is 6.98. The third-order valence-corrected chi connectivity index (χ3v) is 5.59. The Morgan fingerprint density at radius 2 is 1.68 bits per heavy atom. The normalized spacial score (nSPS) is 41.4. The zero-order valence-electron chi connectivity index (χ0n) is 13.1. The van der Waals surface area contributed by atoms with E-state index in [9.17, 15) is 0 Å². The van der Waals surface area contributed by atoms with Crippen LogP contribution >= 0.6 is 0 Å². The molecule has 2 fully saturated rings. The lowest BCUT2D eigenvalue weighted by atomic mass is 9.76. The van der Waals surface area contributed by atoms with Crippen LogP contribution in [0.5, 0.6) is 0 Å². The molecule has 0 bridgehead atoms. The molecule has 0 spiro atoms. The van der Waals surface area contributed by atoms with Gasteiger partial charge in [0.2, 0.25) is 0 Å². The Morgan fingerprint density at radius 3 is 2.16 bits per heavy atom. The van der Waals surface area contributed by atoms with E-state index in [0.717, 1.165) is 12.5 Å². The van der Waals surface area contributed by atoms with Crippen LogP contribution in [0.15, 0.2) is 0 Å².